The number of rotatable bonds is 7. The van der Waals surface area contributed by atoms with Gasteiger partial charge in [0.25, 0.3) is 5.91 Å². The van der Waals surface area contributed by atoms with Crippen LogP contribution in [0.2, 0.25) is 0 Å². The molecule has 0 spiro atoms. The molecule has 0 aliphatic carbocycles. The first-order chi connectivity index (χ1) is 12.3. The van der Waals surface area contributed by atoms with Crippen molar-refractivity contribution >= 4 is 15.9 Å². The largest absolute Gasteiger partial charge is 0.349 e. The van der Waals surface area contributed by atoms with Crippen LogP contribution in [0.15, 0.2) is 53.4 Å². The molecule has 0 radical (unpaired) electrons. The monoisotopic (exact) mass is 382 g/mol. The lowest BCUT2D eigenvalue weighted by Gasteiger charge is -2.25. The third-order valence-corrected chi connectivity index (χ3v) is 5.98. The molecule has 2 aromatic rings. The van der Waals surface area contributed by atoms with Crippen molar-refractivity contribution in [1.29, 1.82) is 0 Å². The van der Waals surface area contributed by atoms with Crippen molar-refractivity contribution in [3.8, 4) is 0 Å². The molecular formula is C18H20F2N2O3S. The molecule has 1 atom stereocenters. The minimum Gasteiger partial charge on any atom is -0.349 e. The van der Waals surface area contributed by atoms with E-state index in [0.29, 0.717) is 5.56 Å². The lowest BCUT2D eigenvalue weighted by Crippen LogP contribution is -2.30. The zero-order valence-electron chi connectivity index (χ0n) is 14.4. The topological polar surface area (TPSA) is 66.5 Å². The number of hydrogen-bond donors (Lipinski definition) is 1. The van der Waals surface area contributed by atoms with Crippen LogP contribution in [0, 0.1) is 5.82 Å². The quantitative estimate of drug-likeness (QED) is 0.801. The summed E-state index contributed by atoms with van der Waals surface area (Å²) in [6.07, 6.45) is 0. The van der Waals surface area contributed by atoms with Crippen molar-refractivity contribution in [2.75, 3.05) is 20.3 Å². The zero-order valence-corrected chi connectivity index (χ0v) is 15.3. The number of nitrogens with one attached hydrogen (secondary N) is 1. The average Bonchev–Trinajstić information content (AvgIpc) is 2.65. The van der Waals surface area contributed by atoms with Crippen molar-refractivity contribution in [1.82, 2.24) is 9.62 Å². The highest BCUT2D eigenvalue weighted by Gasteiger charge is 2.27. The predicted octanol–water partition coefficient (Wildman–Crippen LogP) is 2.91. The van der Waals surface area contributed by atoms with Crippen LogP contribution < -0.4 is 5.32 Å². The van der Waals surface area contributed by atoms with E-state index in [1.807, 2.05) is 0 Å². The van der Waals surface area contributed by atoms with Crippen LogP contribution in [0.5, 0.6) is 0 Å². The maximum Gasteiger partial charge on any atom is 0.251 e. The summed E-state index contributed by atoms with van der Waals surface area (Å²) in [6, 6.07) is 10.6. The molecule has 0 heterocycles. The molecule has 1 amide bonds. The van der Waals surface area contributed by atoms with E-state index in [4.69, 9.17) is 0 Å². The number of benzene rings is 2. The van der Waals surface area contributed by atoms with Gasteiger partial charge in [-0.15, -0.1) is 0 Å². The highest BCUT2D eigenvalue weighted by molar-refractivity contribution is 7.89. The van der Waals surface area contributed by atoms with E-state index in [0.717, 1.165) is 4.31 Å². The van der Waals surface area contributed by atoms with Gasteiger partial charge in [0, 0.05) is 25.2 Å². The molecule has 0 bridgehead atoms. The third-order valence-electron chi connectivity index (χ3n) is 4.05. The van der Waals surface area contributed by atoms with Crippen LogP contribution in [-0.4, -0.2) is 38.9 Å². The molecule has 0 aliphatic rings. The number of alkyl halides is 1. The minimum atomic E-state index is -3.89. The predicted molar refractivity (Wildman–Crippen MR) is 94.5 cm³/mol. The second kappa shape index (κ2) is 8.37. The highest BCUT2D eigenvalue weighted by Crippen LogP contribution is 2.26. The Kier molecular flexibility index (Phi) is 6.44. The van der Waals surface area contributed by atoms with E-state index in [9.17, 15) is 22.0 Å². The first-order valence-electron chi connectivity index (χ1n) is 7.95. The van der Waals surface area contributed by atoms with E-state index in [2.05, 4.69) is 5.32 Å². The Morgan fingerprint density at radius 1 is 1.19 bits per heavy atom. The van der Waals surface area contributed by atoms with Gasteiger partial charge in [-0.3, -0.25) is 4.79 Å². The summed E-state index contributed by atoms with van der Waals surface area (Å²) in [5.41, 5.74) is 0.761. The molecule has 0 aromatic heterocycles. The van der Waals surface area contributed by atoms with E-state index < -0.39 is 34.5 Å². The molecular weight excluding hydrogens is 362 g/mol. The summed E-state index contributed by atoms with van der Waals surface area (Å²) in [5.74, 6) is -0.951. The fraction of sp³-hybridized carbons (Fsp3) is 0.278. The molecule has 2 aromatic carbocycles. The van der Waals surface area contributed by atoms with Gasteiger partial charge in [-0.25, -0.2) is 17.2 Å². The van der Waals surface area contributed by atoms with E-state index in [1.165, 1.54) is 55.6 Å². The molecule has 0 fully saturated rings. The fourth-order valence-electron chi connectivity index (χ4n) is 2.39. The van der Waals surface area contributed by atoms with Gasteiger partial charge in [-0.2, -0.15) is 4.31 Å². The van der Waals surface area contributed by atoms with Crippen molar-refractivity contribution in [3.63, 3.8) is 0 Å². The Hall–Kier alpha value is -2.32. The lowest BCUT2D eigenvalue weighted by atomic mass is 10.1. The van der Waals surface area contributed by atoms with Gasteiger partial charge in [-0.1, -0.05) is 18.2 Å². The fourth-order valence-corrected chi connectivity index (χ4v) is 3.78. The second-order valence-electron chi connectivity index (χ2n) is 5.72. The van der Waals surface area contributed by atoms with Crippen LogP contribution in [-0.2, 0) is 10.0 Å². The lowest BCUT2D eigenvalue weighted by molar-refractivity contribution is 0.0950. The van der Waals surface area contributed by atoms with Gasteiger partial charge in [0.05, 0.1) is 4.90 Å². The van der Waals surface area contributed by atoms with Crippen molar-refractivity contribution in [2.45, 2.75) is 17.9 Å². The van der Waals surface area contributed by atoms with Crippen LogP contribution in [0.3, 0.4) is 0 Å². The smallest absolute Gasteiger partial charge is 0.251 e. The summed E-state index contributed by atoms with van der Waals surface area (Å²) in [4.78, 5) is 11.9. The number of carbonyl (C=O) groups excluding carboxylic acids is 1. The zero-order chi connectivity index (χ0) is 19.3. The molecule has 5 nitrogen and oxygen atoms in total. The maximum atomic E-state index is 13.1. The molecule has 26 heavy (non-hydrogen) atoms. The Morgan fingerprint density at radius 2 is 1.85 bits per heavy atom. The van der Waals surface area contributed by atoms with Gasteiger partial charge in [0.1, 0.15) is 12.5 Å². The molecule has 0 unspecified atom stereocenters. The van der Waals surface area contributed by atoms with Crippen LogP contribution in [0.1, 0.15) is 28.9 Å². The Morgan fingerprint density at radius 3 is 2.46 bits per heavy atom. The number of hydrogen-bond acceptors (Lipinski definition) is 3. The number of sulfonamides is 1. The van der Waals surface area contributed by atoms with Crippen molar-refractivity contribution in [2.24, 2.45) is 0 Å². The number of nitrogens with zero attached hydrogens (tertiary/aromatic N) is 1. The molecule has 0 saturated carbocycles. The Balaban J connectivity index is 2.28. The van der Waals surface area contributed by atoms with Crippen molar-refractivity contribution in [3.05, 3.63) is 65.5 Å². The van der Waals surface area contributed by atoms with Gasteiger partial charge in [0.2, 0.25) is 10.0 Å². The molecule has 1 N–H and O–H groups in total. The Labute approximate surface area is 151 Å². The molecule has 8 heteroatoms. The second-order valence-corrected chi connectivity index (χ2v) is 7.72. The SMILES string of the molecule is C[C@H](c1ccc(F)cc1)N(C)S(=O)(=O)c1cccc(C(=O)NCCF)c1. The summed E-state index contributed by atoms with van der Waals surface area (Å²) >= 11 is 0. The first kappa shape index (κ1) is 20.0. The number of amides is 1. The third kappa shape index (κ3) is 4.44. The van der Waals surface area contributed by atoms with E-state index in [1.54, 1.807) is 6.92 Å². The summed E-state index contributed by atoms with van der Waals surface area (Å²) < 4.78 is 52.1. The molecule has 140 valence electrons. The number of halogens is 2. The van der Waals surface area contributed by atoms with E-state index in [-0.39, 0.29) is 17.0 Å². The standard InChI is InChI=1S/C18H20F2N2O3S/c1-13(14-6-8-16(20)9-7-14)22(2)26(24,25)17-5-3-4-15(12-17)18(23)21-11-10-19/h3-9,12-13H,10-11H2,1-2H3,(H,21,23)/t13-/m1/s1. The highest BCUT2D eigenvalue weighted by atomic mass is 32.2. The maximum absolute atomic E-state index is 13.1. The van der Waals surface area contributed by atoms with Gasteiger partial charge >= 0.3 is 0 Å². The van der Waals surface area contributed by atoms with Crippen molar-refractivity contribution < 1.29 is 22.0 Å². The minimum absolute atomic E-state index is 0.0538. The Bertz CT molecular complexity index is 870. The van der Waals surface area contributed by atoms with E-state index >= 15 is 0 Å². The first-order valence-corrected chi connectivity index (χ1v) is 9.39. The average molecular weight is 382 g/mol. The van der Waals surface area contributed by atoms with Gasteiger partial charge < -0.3 is 5.32 Å². The summed E-state index contributed by atoms with van der Waals surface area (Å²) in [5, 5.41) is 2.35. The van der Waals surface area contributed by atoms with Gasteiger partial charge in [-0.05, 0) is 42.8 Å². The molecule has 2 rings (SSSR count). The van der Waals surface area contributed by atoms with Crippen LogP contribution in [0.4, 0.5) is 8.78 Å². The summed E-state index contributed by atoms with van der Waals surface area (Å²) in [6.45, 7) is 0.835. The number of carbonyl (C=O) groups is 1. The summed E-state index contributed by atoms with van der Waals surface area (Å²) in [7, 11) is -2.47. The van der Waals surface area contributed by atoms with Gasteiger partial charge in [0.15, 0.2) is 0 Å². The molecule has 0 aliphatic heterocycles. The normalized spacial score (nSPS) is 12.8. The molecule has 0 saturated heterocycles. The van der Waals surface area contributed by atoms with Crippen LogP contribution >= 0.6 is 0 Å². The van der Waals surface area contributed by atoms with Crippen LogP contribution in [0.25, 0.3) is 0 Å².